The molecule has 3 rings (SSSR count). The number of carbonyl (C=O) groups is 1. The Balaban J connectivity index is 1.79. The molecule has 2 atom stereocenters. The Morgan fingerprint density at radius 3 is 2.25 bits per heavy atom. The molecule has 0 bridgehead atoms. The molecule has 7 nitrogen and oxygen atoms in total. The summed E-state index contributed by atoms with van der Waals surface area (Å²) in [6, 6.07) is 11.4. The first-order valence-corrected chi connectivity index (χ1v) is 10.3. The molecule has 1 aliphatic rings. The number of primary sulfonamides is 1. The van der Waals surface area contributed by atoms with Crippen molar-refractivity contribution in [3.05, 3.63) is 53.6 Å². The Morgan fingerprint density at radius 2 is 1.71 bits per heavy atom. The minimum atomic E-state index is -3.73. The maximum atomic E-state index is 12.8. The largest absolute Gasteiger partial charge is 0.497 e. The molecule has 0 aromatic heterocycles. The van der Waals surface area contributed by atoms with Gasteiger partial charge in [-0.15, -0.1) is 0 Å². The number of benzene rings is 2. The van der Waals surface area contributed by atoms with Crippen LogP contribution in [0.15, 0.2) is 47.4 Å². The lowest BCUT2D eigenvalue weighted by Crippen LogP contribution is -2.29. The molecule has 0 aliphatic heterocycles. The van der Waals surface area contributed by atoms with Gasteiger partial charge in [0.05, 0.1) is 24.7 Å². The van der Waals surface area contributed by atoms with Gasteiger partial charge in [-0.25, -0.2) is 13.6 Å². The van der Waals surface area contributed by atoms with Crippen molar-refractivity contribution in [1.82, 2.24) is 5.32 Å². The molecule has 1 aliphatic carbocycles. The molecule has 2 aromatic carbocycles. The van der Waals surface area contributed by atoms with Crippen molar-refractivity contribution >= 4 is 15.9 Å². The third kappa shape index (κ3) is 3.70. The van der Waals surface area contributed by atoms with Crippen molar-refractivity contribution in [3.8, 4) is 11.5 Å². The summed E-state index contributed by atoms with van der Waals surface area (Å²) in [5.41, 5.74) is 1.21. The Bertz CT molecular complexity index is 1000. The van der Waals surface area contributed by atoms with Crippen LogP contribution in [0.1, 0.15) is 35.7 Å². The predicted octanol–water partition coefficient (Wildman–Crippen LogP) is 2.27. The average molecular weight is 404 g/mol. The van der Waals surface area contributed by atoms with Gasteiger partial charge in [0.2, 0.25) is 10.0 Å². The minimum absolute atomic E-state index is 0.0650. The smallest absolute Gasteiger partial charge is 0.255 e. The van der Waals surface area contributed by atoms with Gasteiger partial charge in [0.25, 0.3) is 5.91 Å². The normalized spacial score (nSPS) is 20.3. The summed E-state index contributed by atoms with van der Waals surface area (Å²) in [6.45, 7) is 4.11. The fourth-order valence-electron chi connectivity index (χ4n) is 3.60. The van der Waals surface area contributed by atoms with Crippen LogP contribution in [0.4, 0.5) is 0 Å². The molecular formula is C20H24N2O5S. The Labute approximate surface area is 164 Å². The molecule has 1 fully saturated rings. The highest BCUT2D eigenvalue weighted by atomic mass is 32.2. The number of amides is 1. The van der Waals surface area contributed by atoms with E-state index in [-0.39, 0.29) is 28.2 Å². The second kappa shape index (κ2) is 7.10. The van der Waals surface area contributed by atoms with E-state index in [0.29, 0.717) is 17.1 Å². The zero-order valence-electron chi connectivity index (χ0n) is 16.2. The quantitative estimate of drug-likeness (QED) is 0.768. The zero-order valence-corrected chi connectivity index (χ0v) is 17.0. The molecule has 0 radical (unpaired) electrons. The van der Waals surface area contributed by atoms with Crippen molar-refractivity contribution in [2.75, 3.05) is 14.2 Å². The van der Waals surface area contributed by atoms with Crippen LogP contribution in [-0.4, -0.2) is 34.6 Å². The molecule has 0 unspecified atom stereocenters. The molecule has 1 saturated carbocycles. The molecule has 0 saturated heterocycles. The van der Waals surface area contributed by atoms with E-state index in [4.69, 9.17) is 14.6 Å². The van der Waals surface area contributed by atoms with Crippen molar-refractivity contribution in [1.29, 1.82) is 0 Å². The van der Waals surface area contributed by atoms with Crippen LogP contribution in [0.5, 0.6) is 11.5 Å². The number of rotatable bonds is 6. The van der Waals surface area contributed by atoms with E-state index in [1.165, 1.54) is 19.2 Å². The number of methoxy groups -OCH3 is 2. The van der Waals surface area contributed by atoms with Gasteiger partial charge in [0.15, 0.2) is 0 Å². The summed E-state index contributed by atoms with van der Waals surface area (Å²) in [4.78, 5) is 12.9. The lowest BCUT2D eigenvalue weighted by molar-refractivity contribution is 0.0943. The third-order valence-electron chi connectivity index (χ3n) is 5.34. The van der Waals surface area contributed by atoms with Crippen molar-refractivity contribution < 1.29 is 22.7 Å². The highest BCUT2D eigenvalue weighted by Gasteiger charge is 2.59. The fraction of sp³-hybridized carbons (Fsp3) is 0.350. The molecule has 3 N–H and O–H groups in total. The summed E-state index contributed by atoms with van der Waals surface area (Å²) >= 11 is 0. The Morgan fingerprint density at radius 1 is 1.07 bits per heavy atom. The fourth-order valence-corrected chi connectivity index (χ4v) is 4.11. The van der Waals surface area contributed by atoms with E-state index in [0.717, 1.165) is 5.56 Å². The van der Waals surface area contributed by atoms with Crippen LogP contribution in [0.3, 0.4) is 0 Å². The monoisotopic (exact) mass is 404 g/mol. The summed E-state index contributed by atoms with van der Waals surface area (Å²) in [6.07, 6.45) is 0. The SMILES string of the molecule is COc1ccc(C(=O)N[C@H]2[C@H](c3ccc(S(N)(=O)=O)cc3)C2(C)C)c(OC)c1. The van der Waals surface area contributed by atoms with E-state index >= 15 is 0 Å². The summed E-state index contributed by atoms with van der Waals surface area (Å²) in [7, 11) is -0.678. The van der Waals surface area contributed by atoms with Gasteiger partial charge in [-0.2, -0.15) is 0 Å². The van der Waals surface area contributed by atoms with Gasteiger partial charge in [-0.05, 0) is 35.2 Å². The first-order valence-electron chi connectivity index (χ1n) is 8.75. The number of ether oxygens (including phenoxy) is 2. The van der Waals surface area contributed by atoms with Gasteiger partial charge >= 0.3 is 0 Å². The van der Waals surface area contributed by atoms with Crippen molar-refractivity contribution in [3.63, 3.8) is 0 Å². The van der Waals surface area contributed by atoms with Crippen LogP contribution < -0.4 is 19.9 Å². The van der Waals surface area contributed by atoms with Gasteiger partial charge < -0.3 is 14.8 Å². The van der Waals surface area contributed by atoms with Crippen LogP contribution in [-0.2, 0) is 10.0 Å². The number of carbonyl (C=O) groups excluding carboxylic acids is 1. The summed E-state index contributed by atoms with van der Waals surface area (Å²) in [5.74, 6) is 0.869. The van der Waals surface area contributed by atoms with Crippen LogP contribution in [0.25, 0.3) is 0 Å². The van der Waals surface area contributed by atoms with E-state index < -0.39 is 10.0 Å². The molecule has 8 heteroatoms. The Hall–Kier alpha value is -2.58. The highest BCUT2D eigenvalue weighted by Crippen LogP contribution is 2.58. The first kappa shape index (κ1) is 20.2. The highest BCUT2D eigenvalue weighted by molar-refractivity contribution is 7.89. The van der Waals surface area contributed by atoms with Crippen LogP contribution in [0, 0.1) is 5.41 Å². The topological polar surface area (TPSA) is 108 Å². The van der Waals surface area contributed by atoms with Gasteiger partial charge in [-0.3, -0.25) is 4.79 Å². The molecule has 0 spiro atoms. The molecule has 28 heavy (non-hydrogen) atoms. The number of nitrogens with one attached hydrogen (secondary N) is 1. The van der Waals surface area contributed by atoms with Gasteiger partial charge in [0, 0.05) is 18.0 Å². The third-order valence-corrected chi connectivity index (χ3v) is 6.26. The number of hydrogen-bond acceptors (Lipinski definition) is 5. The standard InChI is InChI=1S/C20H24N2O5S/c1-20(2)17(12-5-8-14(9-6-12)28(21,24)25)18(20)22-19(23)15-10-7-13(26-3)11-16(15)27-4/h5-11,17-18H,1-4H3,(H,22,23)(H2,21,24,25)/t17-,18-/m0/s1. The number of nitrogens with two attached hydrogens (primary N) is 1. The van der Waals surface area contributed by atoms with Crippen LogP contribution >= 0.6 is 0 Å². The number of sulfonamides is 1. The lowest BCUT2D eigenvalue weighted by atomic mass is 10.0. The van der Waals surface area contributed by atoms with E-state index in [1.54, 1.807) is 37.4 Å². The van der Waals surface area contributed by atoms with Crippen molar-refractivity contribution in [2.24, 2.45) is 10.6 Å². The second-order valence-electron chi connectivity index (χ2n) is 7.43. The first-order chi connectivity index (χ1) is 13.1. The van der Waals surface area contributed by atoms with E-state index in [9.17, 15) is 13.2 Å². The maximum Gasteiger partial charge on any atom is 0.255 e. The minimum Gasteiger partial charge on any atom is -0.497 e. The lowest BCUT2D eigenvalue weighted by Gasteiger charge is -2.11. The Kier molecular flexibility index (Phi) is 5.12. The second-order valence-corrected chi connectivity index (χ2v) is 8.99. The van der Waals surface area contributed by atoms with E-state index in [1.807, 2.05) is 0 Å². The average Bonchev–Trinajstić information content (AvgIpc) is 3.20. The summed E-state index contributed by atoms with van der Waals surface area (Å²) < 4.78 is 33.3. The summed E-state index contributed by atoms with van der Waals surface area (Å²) in [5, 5.41) is 8.22. The molecule has 1 amide bonds. The number of hydrogen-bond donors (Lipinski definition) is 2. The molecule has 150 valence electrons. The maximum absolute atomic E-state index is 12.8. The van der Waals surface area contributed by atoms with E-state index in [2.05, 4.69) is 19.2 Å². The molecule has 0 heterocycles. The zero-order chi connectivity index (χ0) is 20.7. The molecular weight excluding hydrogens is 380 g/mol. The predicted molar refractivity (Wildman–Crippen MR) is 105 cm³/mol. The van der Waals surface area contributed by atoms with Crippen LogP contribution in [0.2, 0.25) is 0 Å². The van der Waals surface area contributed by atoms with Gasteiger partial charge in [-0.1, -0.05) is 26.0 Å². The van der Waals surface area contributed by atoms with Gasteiger partial charge in [0.1, 0.15) is 11.5 Å². The van der Waals surface area contributed by atoms with Crippen molar-refractivity contribution in [2.45, 2.75) is 30.7 Å². The molecule has 2 aromatic rings.